The second-order valence-electron chi connectivity index (χ2n) is 5.00. The molecule has 0 aromatic heterocycles. The van der Waals surface area contributed by atoms with E-state index in [1.54, 1.807) is 0 Å². The number of rotatable bonds is 3. The Hall–Kier alpha value is -0.0800. The van der Waals surface area contributed by atoms with Gasteiger partial charge in [-0.15, -0.1) is 0 Å². The van der Waals surface area contributed by atoms with Crippen LogP contribution in [-0.4, -0.2) is 19.3 Å². The van der Waals surface area contributed by atoms with E-state index >= 15 is 0 Å². The minimum Gasteiger partial charge on any atom is -0.381 e. The molecular weight excluding hydrogens is 174 g/mol. The van der Waals surface area contributed by atoms with Crippen molar-refractivity contribution in [3.05, 3.63) is 0 Å². The zero-order valence-electron chi connectivity index (χ0n) is 9.08. The van der Waals surface area contributed by atoms with Gasteiger partial charge in [-0.1, -0.05) is 12.8 Å². The third-order valence-electron chi connectivity index (χ3n) is 3.95. The first-order valence-corrected chi connectivity index (χ1v) is 6.19. The highest BCUT2D eigenvalue weighted by molar-refractivity contribution is 4.80. The lowest BCUT2D eigenvalue weighted by atomic mass is 9.86. The highest BCUT2D eigenvalue weighted by Crippen LogP contribution is 2.31. The van der Waals surface area contributed by atoms with E-state index in [1.807, 2.05) is 0 Å². The van der Waals surface area contributed by atoms with Gasteiger partial charge in [0, 0.05) is 19.3 Å². The molecule has 82 valence electrons. The highest BCUT2D eigenvalue weighted by atomic mass is 16.5. The molecule has 2 rings (SSSR count). The highest BCUT2D eigenvalue weighted by Gasteiger charge is 2.25. The van der Waals surface area contributed by atoms with E-state index in [2.05, 4.69) is 0 Å². The van der Waals surface area contributed by atoms with Crippen LogP contribution in [0.25, 0.3) is 0 Å². The van der Waals surface area contributed by atoms with Crippen molar-refractivity contribution in [3.8, 4) is 0 Å². The Morgan fingerprint density at radius 1 is 1.07 bits per heavy atom. The molecular formula is C12H23NO. The van der Waals surface area contributed by atoms with Crippen LogP contribution in [-0.2, 0) is 4.74 Å². The second kappa shape index (κ2) is 5.13. The van der Waals surface area contributed by atoms with Gasteiger partial charge in [0.15, 0.2) is 0 Å². The zero-order valence-corrected chi connectivity index (χ0v) is 9.08. The average molecular weight is 197 g/mol. The second-order valence-corrected chi connectivity index (χ2v) is 5.00. The van der Waals surface area contributed by atoms with Crippen LogP contribution in [0.1, 0.15) is 44.9 Å². The quantitative estimate of drug-likeness (QED) is 0.753. The topological polar surface area (TPSA) is 35.2 Å². The average Bonchev–Trinajstić information content (AvgIpc) is 2.72. The van der Waals surface area contributed by atoms with Gasteiger partial charge < -0.3 is 10.5 Å². The lowest BCUT2D eigenvalue weighted by Crippen LogP contribution is -2.32. The van der Waals surface area contributed by atoms with E-state index in [9.17, 15) is 0 Å². The Morgan fingerprint density at radius 3 is 2.36 bits per heavy atom. The molecule has 14 heavy (non-hydrogen) atoms. The molecule has 1 aliphatic carbocycles. The maximum Gasteiger partial charge on any atom is 0.0468 e. The predicted octanol–water partition coefficient (Wildman–Crippen LogP) is 2.32. The Labute approximate surface area is 87.2 Å². The molecule has 0 aromatic carbocycles. The molecule has 1 saturated carbocycles. The fourth-order valence-corrected chi connectivity index (χ4v) is 2.94. The first-order valence-electron chi connectivity index (χ1n) is 6.19. The Balaban J connectivity index is 1.72. The van der Waals surface area contributed by atoms with Gasteiger partial charge in [-0.2, -0.15) is 0 Å². The summed E-state index contributed by atoms with van der Waals surface area (Å²) in [6, 6.07) is 0.473. The van der Waals surface area contributed by atoms with Crippen LogP contribution in [0.4, 0.5) is 0 Å². The van der Waals surface area contributed by atoms with Crippen molar-refractivity contribution in [3.63, 3.8) is 0 Å². The van der Waals surface area contributed by atoms with Crippen LogP contribution in [0, 0.1) is 11.8 Å². The van der Waals surface area contributed by atoms with E-state index in [-0.39, 0.29) is 0 Å². The molecule has 1 unspecified atom stereocenters. The molecule has 1 heterocycles. The molecule has 1 saturated heterocycles. The van der Waals surface area contributed by atoms with E-state index in [0.29, 0.717) is 6.04 Å². The molecule has 2 fully saturated rings. The third kappa shape index (κ3) is 2.71. The molecule has 0 radical (unpaired) electrons. The van der Waals surface area contributed by atoms with Crippen molar-refractivity contribution in [2.75, 3.05) is 13.2 Å². The molecule has 0 bridgehead atoms. The Kier molecular flexibility index (Phi) is 3.82. The van der Waals surface area contributed by atoms with E-state index in [0.717, 1.165) is 25.0 Å². The summed E-state index contributed by atoms with van der Waals surface area (Å²) >= 11 is 0. The molecule has 2 nitrogen and oxygen atoms in total. The fraction of sp³-hybridized carbons (Fsp3) is 1.00. The van der Waals surface area contributed by atoms with Gasteiger partial charge in [0.25, 0.3) is 0 Å². The summed E-state index contributed by atoms with van der Waals surface area (Å²) in [5.74, 6) is 1.68. The molecule has 0 aromatic rings. The lowest BCUT2D eigenvalue weighted by molar-refractivity contribution is 0.0598. The summed E-state index contributed by atoms with van der Waals surface area (Å²) in [7, 11) is 0. The molecule has 2 N–H and O–H groups in total. The Morgan fingerprint density at radius 2 is 1.71 bits per heavy atom. The van der Waals surface area contributed by atoms with E-state index in [4.69, 9.17) is 10.5 Å². The maximum atomic E-state index is 6.27. The molecule has 0 amide bonds. The summed E-state index contributed by atoms with van der Waals surface area (Å²) in [5, 5.41) is 0. The van der Waals surface area contributed by atoms with Gasteiger partial charge in [0.1, 0.15) is 0 Å². The van der Waals surface area contributed by atoms with Gasteiger partial charge in [0.05, 0.1) is 0 Å². The van der Waals surface area contributed by atoms with Crippen LogP contribution < -0.4 is 5.73 Å². The first kappa shape index (κ1) is 10.4. The number of hydrogen-bond donors (Lipinski definition) is 1. The summed E-state index contributed by atoms with van der Waals surface area (Å²) in [4.78, 5) is 0. The van der Waals surface area contributed by atoms with Crippen molar-refractivity contribution in [1.29, 1.82) is 0 Å². The standard InChI is InChI=1S/C12H23NO/c13-12(11-3-1-2-4-11)9-10-5-7-14-8-6-10/h10-12H,1-9,13H2. The lowest BCUT2D eigenvalue weighted by Gasteiger charge is -2.27. The third-order valence-corrected chi connectivity index (χ3v) is 3.95. The van der Waals surface area contributed by atoms with Crippen LogP contribution in [0.2, 0.25) is 0 Å². The summed E-state index contributed by atoms with van der Waals surface area (Å²) < 4.78 is 5.37. The van der Waals surface area contributed by atoms with Crippen LogP contribution in [0.3, 0.4) is 0 Å². The summed E-state index contributed by atoms with van der Waals surface area (Å²) in [5.41, 5.74) is 6.27. The van der Waals surface area contributed by atoms with Gasteiger partial charge in [-0.05, 0) is 43.9 Å². The van der Waals surface area contributed by atoms with Gasteiger partial charge in [-0.25, -0.2) is 0 Å². The summed E-state index contributed by atoms with van der Waals surface area (Å²) in [6.45, 7) is 1.92. The molecule has 0 spiro atoms. The predicted molar refractivity (Wildman–Crippen MR) is 58.1 cm³/mol. The SMILES string of the molecule is NC(CC1CCOCC1)C1CCCC1. The van der Waals surface area contributed by atoms with Crippen molar-refractivity contribution in [2.24, 2.45) is 17.6 Å². The van der Waals surface area contributed by atoms with E-state index in [1.165, 1.54) is 44.9 Å². The minimum atomic E-state index is 0.473. The van der Waals surface area contributed by atoms with Crippen molar-refractivity contribution >= 4 is 0 Å². The largest absolute Gasteiger partial charge is 0.381 e. The smallest absolute Gasteiger partial charge is 0.0468 e. The van der Waals surface area contributed by atoms with Gasteiger partial charge in [-0.3, -0.25) is 0 Å². The van der Waals surface area contributed by atoms with Crippen molar-refractivity contribution in [2.45, 2.75) is 51.0 Å². The monoisotopic (exact) mass is 197 g/mol. The number of hydrogen-bond acceptors (Lipinski definition) is 2. The van der Waals surface area contributed by atoms with Gasteiger partial charge >= 0.3 is 0 Å². The molecule has 1 atom stereocenters. The van der Waals surface area contributed by atoms with Crippen LogP contribution >= 0.6 is 0 Å². The van der Waals surface area contributed by atoms with Crippen LogP contribution in [0.5, 0.6) is 0 Å². The van der Waals surface area contributed by atoms with Crippen molar-refractivity contribution < 1.29 is 4.74 Å². The Bertz CT molecular complexity index is 160. The minimum absolute atomic E-state index is 0.473. The molecule has 2 aliphatic rings. The van der Waals surface area contributed by atoms with Crippen molar-refractivity contribution in [1.82, 2.24) is 0 Å². The summed E-state index contributed by atoms with van der Waals surface area (Å²) in [6.07, 6.45) is 9.29. The van der Waals surface area contributed by atoms with Gasteiger partial charge in [0.2, 0.25) is 0 Å². The van der Waals surface area contributed by atoms with E-state index < -0.39 is 0 Å². The first-order chi connectivity index (χ1) is 6.86. The number of nitrogens with two attached hydrogens (primary N) is 1. The molecule has 1 aliphatic heterocycles. The normalized spacial score (nSPS) is 28.1. The molecule has 2 heteroatoms. The fourth-order valence-electron chi connectivity index (χ4n) is 2.94. The number of ether oxygens (including phenoxy) is 1. The van der Waals surface area contributed by atoms with Crippen LogP contribution in [0.15, 0.2) is 0 Å². The maximum absolute atomic E-state index is 6.27. The zero-order chi connectivity index (χ0) is 9.80.